The molecule has 0 bridgehead atoms. The maximum Gasteiger partial charge on any atom is 0.0110 e. The smallest absolute Gasteiger partial charge is 0.0110 e. The summed E-state index contributed by atoms with van der Waals surface area (Å²) in [5.74, 6) is 1.76. The van der Waals surface area contributed by atoms with Crippen LogP contribution in [-0.2, 0) is 0 Å². The quantitative estimate of drug-likeness (QED) is 0.729. The highest BCUT2D eigenvalue weighted by Gasteiger charge is 2.26. The number of piperazine rings is 1. The SMILES string of the molecule is CCCC(CN)CN1CCN(CC2CC2)CC1. The number of hydrogen-bond acceptors (Lipinski definition) is 3. The predicted molar refractivity (Wildman–Crippen MR) is 73.1 cm³/mol. The lowest BCUT2D eigenvalue weighted by molar-refractivity contribution is 0.113. The summed E-state index contributed by atoms with van der Waals surface area (Å²) in [5, 5.41) is 0. The molecule has 2 fully saturated rings. The highest BCUT2D eigenvalue weighted by Crippen LogP contribution is 2.29. The summed E-state index contributed by atoms with van der Waals surface area (Å²) in [6, 6.07) is 0. The van der Waals surface area contributed by atoms with Gasteiger partial charge in [0.2, 0.25) is 0 Å². The average molecular weight is 239 g/mol. The minimum atomic E-state index is 0.718. The number of nitrogens with two attached hydrogens (primary N) is 1. The van der Waals surface area contributed by atoms with Crippen molar-refractivity contribution in [3.8, 4) is 0 Å². The van der Waals surface area contributed by atoms with Crippen molar-refractivity contribution in [1.82, 2.24) is 9.80 Å². The molecule has 0 aromatic heterocycles. The van der Waals surface area contributed by atoms with Crippen LogP contribution in [-0.4, -0.2) is 55.6 Å². The Morgan fingerprint density at radius 1 is 1.12 bits per heavy atom. The van der Waals surface area contributed by atoms with E-state index in [-0.39, 0.29) is 0 Å². The highest BCUT2D eigenvalue weighted by molar-refractivity contribution is 4.81. The van der Waals surface area contributed by atoms with Crippen molar-refractivity contribution >= 4 is 0 Å². The Morgan fingerprint density at radius 3 is 2.29 bits per heavy atom. The zero-order chi connectivity index (χ0) is 12.1. The van der Waals surface area contributed by atoms with Crippen molar-refractivity contribution < 1.29 is 0 Å². The van der Waals surface area contributed by atoms with E-state index in [1.807, 2.05) is 0 Å². The fourth-order valence-electron chi connectivity index (χ4n) is 2.88. The first kappa shape index (κ1) is 13.3. The third-order valence-electron chi connectivity index (χ3n) is 4.22. The van der Waals surface area contributed by atoms with Gasteiger partial charge in [0.15, 0.2) is 0 Å². The Morgan fingerprint density at radius 2 is 1.76 bits per heavy atom. The summed E-state index contributed by atoms with van der Waals surface area (Å²) in [6.07, 6.45) is 5.51. The first-order valence-electron chi connectivity index (χ1n) is 7.46. The van der Waals surface area contributed by atoms with Crippen molar-refractivity contribution in [3.63, 3.8) is 0 Å². The van der Waals surface area contributed by atoms with Crippen molar-refractivity contribution in [3.05, 3.63) is 0 Å². The molecule has 2 N–H and O–H groups in total. The van der Waals surface area contributed by atoms with Crippen molar-refractivity contribution in [1.29, 1.82) is 0 Å². The number of rotatable bonds is 7. The Labute approximate surface area is 106 Å². The van der Waals surface area contributed by atoms with Crippen LogP contribution in [0.5, 0.6) is 0 Å². The summed E-state index contributed by atoms with van der Waals surface area (Å²) in [5.41, 5.74) is 5.84. The van der Waals surface area contributed by atoms with Crippen molar-refractivity contribution in [2.24, 2.45) is 17.6 Å². The maximum absolute atomic E-state index is 5.84. The zero-order valence-electron chi connectivity index (χ0n) is 11.4. The second-order valence-corrected chi connectivity index (χ2v) is 5.93. The van der Waals surface area contributed by atoms with Crippen molar-refractivity contribution in [2.45, 2.75) is 32.6 Å². The van der Waals surface area contributed by atoms with Crippen LogP contribution in [0, 0.1) is 11.8 Å². The van der Waals surface area contributed by atoms with E-state index in [4.69, 9.17) is 5.73 Å². The fraction of sp³-hybridized carbons (Fsp3) is 1.00. The minimum absolute atomic E-state index is 0.718. The van der Waals surface area contributed by atoms with Gasteiger partial charge in [-0.3, -0.25) is 0 Å². The molecule has 0 amide bonds. The lowest BCUT2D eigenvalue weighted by Gasteiger charge is -2.36. The van der Waals surface area contributed by atoms with Gasteiger partial charge in [-0.2, -0.15) is 0 Å². The topological polar surface area (TPSA) is 32.5 Å². The molecule has 0 aromatic carbocycles. The molecule has 2 rings (SSSR count). The second kappa shape index (κ2) is 6.72. The van der Waals surface area contributed by atoms with E-state index in [0.717, 1.165) is 18.4 Å². The normalized spacial score (nSPS) is 25.1. The standard InChI is InChI=1S/C14H29N3/c1-2-3-14(10-15)12-17-8-6-16(7-9-17)11-13-4-5-13/h13-14H,2-12,15H2,1H3. The van der Waals surface area contributed by atoms with Crippen LogP contribution >= 0.6 is 0 Å². The summed E-state index contributed by atoms with van der Waals surface area (Å²) in [6.45, 7) is 10.8. The molecule has 1 aliphatic heterocycles. The number of hydrogen-bond donors (Lipinski definition) is 1. The van der Waals surface area contributed by atoms with Crippen LogP contribution in [0.1, 0.15) is 32.6 Å². The molecule has 0 aromatic rings. The molecule has 2 aliphatic rings. The van der Waals surface area contributed by atoms with Crippen LogP contribution in [0.2, 0.25) is 0 Å². The molecule has 0 spiro atoms. The minimum Gasteiger partial charge on any atom is -0.330 e. The van der Waals surface area contributed by atoms with E-state index < -0.39 is 0 Å². The van der Waals surface area contributed by atoms with Gasteiger partial charge in [0, 0.05) is 39.3 Å². The van der Waals surface area contributed by atoms with Gasteiger partial charge in [-0.05, 0) is 37.6 Å². The second-order valence-electron chi connectivity index (χ2n) is 5.93. The van der Waals surface area contributed by atoms with Crippen LogP contribution in [0.25, 0.3) is 0 Å². The third kappa shape index (κ3) is 4.57. The summed E-state index contributed by atoms with van der Waals surface area (Å²) < 4.78 is 0. The third-order valence-corrected chi connectivity index (χ3v) is 4.22. The first-order valence-corrected chi connectivity index (χ1v) is 7.46. The van der Waals surface area contributed by atoms with Crippen LogP contribution in [0.15, 0.2) is 0 Å². The zero-order valence-corrected chi connectivity index (χ0v) is 11.4. The van der Waals surface area contributed by atoms with Gasteiger partial charge in [-0.1, -0.05) is 13.3 Å². The highest BCUT2D eigenvalue weighted by atomic mass is 15.3. The number of nitrogens with zero attached hydrogens (tertiary/aromatic N) is 2. The Hall–Kier alpha value is -0.120. The lowest BCUT2D eigenvalue weighted by Crippen LogP contribution is -2.48. The van der Waals surface area contributed by atoms with E-state index in [9.17, 15) is 0 Å². The molecule has 1 atom stereocenters. The van der Waals surface area contributed by atoms with Crippen LogP contribution in [0.3, 0.4) is 0 Å². The summed E-state index contributed by atoms with van der Waals surface area (Å²) in [7, 11) is 0. The summed E-state index contributed by atoms with van der Waals surface area (Å²) >= 11 is 0. The van der Waals surface area contributed by atoms with Gasteiger partial charge in [0.05, 0.1) is 0 Å². The van der Waals surface area contributed by atoms with Gasteiger partial charge in [0.25, 0.3) is 0 Å². The monoisotopic (exact) mass is 239 g/mol. The van der Waals surface area contributed by atoms with Gasteiger partial charge >= 0.3 is 0 Å². The average Bonchev–Trinajstić information content (AvgIpc) is 3.15. The molecule has 100 valence electrons. The van der Waals surface area contributed by atoms with E-state index in [2.05, 4.69) is 16.7 Å². The molecular weight excluding hydrogens is 210 g/mol. The fourth-order valence-corrected chi connectivity index (χ4v) is 2.88. The van der Waals surface area contributed by atoms with Crippen LogP contribution in [0.4, 0.5) is 0 Å². The van der Waals surface area contributed by atoms with Gasteiger partial charge in [0.1, 0.15) is 0 Å². The van der Waals surface area contributed by atoms with E-state index in [1.165, 1.54) is 65.0 Å². The Kier molecular flexibility index (Phi) is 5.26. The van der Waals surface area contributed by atoms with Gasteiger partial charge < -0.3 is 15.5 Å². The van der Waals surface area contributed by atoms with E-state index in [0.29, 0.717) is 0 Å². The molecular formula is C14H29N3. The predicted octanol–water partition coefficient (Wildman–Crippen LogP) is 1.39. The molecule has 3 heteroatoms. The molecule has 17 heavy (non-hydrogen) atoms. The summed E-state index contributed by atoms with van der Waals surface area (Å²) in [4.78, 5) is 5.28. The Bertz CT molecular complexity index is 208. The maximum atomic E-state index is 5.84. The first-order chi connectivity index (χ1) is 8.31. The lowest BCUT2D eigenvalue weighted by atomic mass is 10.0. The van der Waals surface area contributed by atoms with Crippen molar-refractivity contribution in [2.75, 3.05) is 45.8 Å². The molecule has 1 saturated heterocycles. The van der Waals surface area contributed by atoms with Gasteiger partial charge in [-0.25, -0.2) is 0 Å². The van der Waals surface area contributed by atoms with E-state index >= 15 is 0 Å². The molecule has 3 nitrogen and oxygen atoms in total. The molecule has 0 radical (unpaired) electrons. The van der Waals surface area contributed by atoms with Gasteiger partial charge in [-0.15, -0.1) is 0 Å². The van der Waals surface area contributed by atoms with E-state index in [1.54, 1.807) is 0 Å². The molecule has 1 heterocycles. The van der Waals surface area contributed by atoms with Crippen LogP contribution < -0.4 is 5.73 Å². The molecule has 1 unspecified atom stereocenters. The molecule has 1 aliphatic carbocycles. The molecule has 1 saturated carbocycles. The Balaban J connectivity index is 1.63. The largest absolute Gasteiger partial charge is 0.330 e.